The summed E-state index contributed by atoms with van der Waals surface area (Å²) in [6.07, 6.45) is 3.20. The summed E-state index contributed by atoms with van der Waals surface area (Å²) in [4.78, 5) is 24.6. The van der Waals surface area contributed by atoms with Gasteiger partial charge in [0.1, 0.15) is 5.60 Å². The van der Waals surface area contributed by atoms with Gasteiger partial charge in [0, 0.05) is 38.1 Å². The molecule has 0 saturated carbocycles. The molecule has 6 nitrogen and oxygen atoms in total. The fourth-order valence-electron chi connectivity index (χ4n) is 2.20. The summed E-state index contributed by atoms with van der Waals surface area (Å²) in [6.45, 7) is 9.64. The molecule has 0 aromatic carbocycles. The standard InChI is InChI=1S/C14H21BrN4O2/c1-10-9-18(12-16-7-11(15)8-17-12)5-6-19(10)13(20)21-14(2,3)4/h7-8,10H,5-6,9H2,1-4H3. The molecule has 1 aliphatic rings. The molecule has 0 N–H and O–H groups in total. The average molecular weight is 357 g/mol. The van der Waals surface area contributed by atoms with Crippen LogP contribution in [0.4, 0.5) is 10.7 Å². The molecule has 2 heterocycles. The zero-order chi connectivity index (χ0) is 15.6. The lowest BCUT2D eigenvalue weighted by atomic mass is 10.2. The number of ether oxygens (including phenoxy) is 1. The average Bonchev–Trinajstić information content (AvgIpc) is 2.37. The lowest BCUT2D eigenvalue weighted by Crippen LogP contribution is -2.55. The summed E-state index contributed by atoms with van der Waals surface area (Å²) in [5, 5.41) is 0. The predicted octanol–water partition coefficient (Wildman–Crippen LogP) is 2.68. The van der Waals surface area contributed by atoms with Gasteiger partial charge >= 0.3 is 6.09 Å². The molecule has 7 heteroatoms. The number of piperazine rings is 1. The number of carbonyl (C=O) groups is 1. The number of rotatable bonds is 1. The monoisotopic (exact) mass is 356 g/mol. The molecule has 1 fully saturated rings. The van der Waals surface area contributed by atoms with Crippen LogP contribution in [-0.4, -0.2) is 52.2 Å². The minimum atomic E-state index is -0.469. The summed E-state index contributed by atoms with van der Waals surface area (Å²) in [7, 11) is 0. The molecule has 0 spiro atoms. The zero-order valence-corrected chi connectivity index (χ0v) is 14.4. The van der Waals surface area contributed by atoms with Crippen molar-refractivity contribution in [1.82, 2.24) is 14.9 Å². The van der Waals surface area contributed by atoms with Gasteiger partial charge in [-0.2, -0.15) is 0 Å². The van der Waals surface area contributed by atoms with Crippen LogP contribution in [0.5, 0.6) is 0 Å². The van der Waals surface area contributed by atoms with Gasteiger partial charge in [-0.15, -0.1) is 0 Å². The third-order valence-electron chi connectivity index (χ3n) is 3.15. The molecule has 1 saturated heterocycles. The fraction of sp³-hybridized carbons (Fsp3) is 0.643. The van der Waals surface area contributed by atoms with Crippen molar-refractivity contribution in [3.05, 3.63) is 16.9 Å². The first-order valence-corrected chi connectivity index (χ1v) is 7.78. The van der Waals surface area contributed by atoms with Gasteiger partial charge in [-0.3, -0.25) is 0 Å². The number of hydrogen-bond acceptors (Lipinski definition) is 5. The number of amides is 1. The number of carbonyl (C=O) groups excluding carboxylic acids is 1. The number of hydrogen-bond donors (Lipinski definition) is 0. The number of anilines is 1. The molecule has 21 heavy (non-hydrogen) atoms. The number of halogens is 1. The molecule has 1 unspecified atom stereocenters. The first-order chi connectivity index (χ1) is 9.76. The lowest BCUT2D eigenvalue weighted by Gasteiger charge is -2.40. The van der Waals surface area contributed by atoms with Crippen LogP contribution in [0.25, 0.3) is 0 Å². The van der Waals surface area contributed by atoms with Crippen molar-refractivity contribution < 1.29 is 9.53 Å². The normalized spacial score (nSPS) is 19.6. The van der Waals surface area contributed by atoms with Crippen LogP contribution in [0.2, 0.25) is 0 Å². The topological polar surface area (TPSA) is 58.6 Å². The van der Waals surface area contributed by atoms with Gasteiger partial charge in [-0.25, -0.2) is 14.8 Å². The summed E-state index contributed by atoms with van der Waals surface area (Å²) < 4.78 is 6.29. The van der Waals surface area contributed by atoms with Gasteiger partial charge < -0.3 is 14.5 Å². The van der Waals surface area contributed by atoms with E-state index in [2.05, 4.69) is 30.8 Å². The van der Waals surface area contributed by atoms with Crippen molar-refractivity contribution in [3.8, 4) is 0 Å². The highest BCUT2D eigenvalue weighted by atomic mass is 79.9. The van der Waals surface area contributed by atoms with Crippen molar-refractivity contribution in [1.29, 1.82) is 0 Å². The van der Waals surface area contributed by atoms with E-state index in [4.69, 9.17) is 4.74 Å². The molecule has 1 aliphatic heterocycles. The van der Waals surface area contributed by atoms with Gasteiger partial charge in [0.05, 0.1) is 4.47 Å². The maximum absolute atomic E-state index is 12.2. The van der Waals surface area contributed by atoms with Crippen molar-refractivity contribution in [2.75, 3.05) is 24.5 Å². The second-order valence-corrected chi connectivity index (χ2v) is 7.09. The van der Waals surface area contributed by atoms with Crippen LogP contribution >= 0.6 is 15.9 Å². The van der Waals surface area contributed by atoms with Gasteiger partial charge in [0.2, 0.25) is 5.95 Å². The van der Waals surface area contributed by atoms with E-state index in [1.807, 2.05) is 27.7 Å². The first-order valence-electron chi connectivity index (χ1n) is 6.98. The molecule has 0 bridgehead atoms. The number of nitrogens with zero attached hydrogens (tertiary/aromatic N) is 4. The Kier molecular flexibility index (Phi) is 4.70. The Morgan fingerprint density at radius 1 is 1.33 bits per heavy atom. The van der Waals surface area contributed by atoms with Gasteiger partial charge in [-0.05, 0) is 43.6 Å². The molecule has 116 valence electrons. The summed E-state index contributed by atoms with van der Waals surface area (Å²) in [6, 6.07) is 0.0563. The molecule has 0 radical (unpaired) electrons. The van der Waals surface area contributed by atoms with Crippen molar-refractivity contribution in [2.24, 2.45) is 0 Å². The van der Waals surface area contributed by atoms with Crippen LogP contribution in [-0.2, 0) is 4.74 Å². The Morgan fingerprint density at radius 2 is 1.95 bits per heavy atom. The fourth-order valence-corrected chi connectivity index (χ4v) is 2.40. The SMILES string of the molecule is CC1CN(c2ncc(Br)cn2)CCN1C(=O)OC(C)(C)C. The quantitative estimate of drug-likeness (QED) is 0.774. The van der Waals surface area contributed by atoms with E-state index in [9.17, 15) is 4.79 Å². The Balaban J connectivity index is 1.99. The minimum Gasteiger partial charge on any atom is -0.444 e. The first kappa shape index (κ1) is 16.0. The molecule has 1 atom stereocenters. The molecule has 1 amide bonds. The molecular weight excluding hydrogens is 336 g/mol. The van der Waals surface area contributed by atoms with E-state index in [1.165, 1.54) is 0 Å². The van der Waals surface area contributed by atoms with E-state index in [-0.39, 0.29) is 12.1 Å². The maximum atomic E-state index is 12.2. The summed E-state index contributed by atoms with van der Waals surface area (Å²) in [5.41, 5.74) is -0.469. The van der Waals surface area contributed by atoms with Crippen molar-refractivity contribution in [2.45, 2.75) is 39.3 Å². The highest BCUT2D eigenvalue weighted by Gasteiger charge is 2.31. The van der Waals surface area contributed by atoms with Gasteiger partial charge in [0.15, 0.2) is 0 Å². The van der Waals surface area contributed by atoms with Crippen LogP contribution < -0.4 is 4.90 Å². The van der Waals surface area contributed by atoms with E-state index in [1.54, 1.807) is 17.3 Å². The summed E-state index contributed by atoms with van der Waals surface area (Å²) in [5.74, 6) is 0.689. The van der Waals surface area contributed by atoms with Gasteiger partial charge in [0.25, 0.3) is 0 Å². The largest absolute Gasteiger partial charge is 0.444 e. The van der Waals surface area contributed by atoms with Crippen LogP contribution in [0.15, 0.2) is 16.9 Å². The molecular formula is C14H21BrN4O2. The lowest BCUT2D eigenvalue weighted by molar-refractivity contribution is 0.0158. The zero-order valence-electron chi connectivity index (χ0n) is 12.8. The molecule has 2 rings (SSSR count). The summed E-state index contributed by atoms with van der Waals surface area (Å²) >= 11 is 3.32. The Morgan fingerprint density at radius 3 is 2.48 bits per heavy atom. The maximum Gasteiger partial charge on any atom is 0.410 e. The second-order valence-electron chi connectivity index (χ2n) is 6.17. The van der Waals surface area contributed by atoms with Crippen molar-refractivity contribution >= 4 is 28.0 Å². The van der Waals surface area contributed by atoms with Crippen LogP contribution in [0.1, 0.15) is 27.7 Å². The molecule has 1 aromatic heterocycles. The highest BCUT2D eigenvalue weighted by Crippen LogP contribution is 2.19. The smallest absolute Gasteiger partial charge is 0.410 e. The Hall–Kier alpha value is -1.37. The minimum absolute atomic E-state index is 0.0563. The molecule has 1 aromatic rings. The Bertz CT molecular complexity index is 501. The van der Waals surface area contributed by atoms with Gasteiger partial charge in [-0.1, -0.05) is 0 Å². The van der Waals surface area contributed by atoms with E-state index in [0.29, 0.717) is 25.6 Å². The molecule has 0 aliphatic carbocycles. The third-order valence-corrected chi connectivity index (χ3v) is 3.55. The van der Waals surface area contributed by atoms with E-state index < -0.39 is 5.60 Å². The van der Waals surface area contributed by atoms with Crippen LogP contribution in [0, 0.1) is 0 Å². The van der Waals surface area contributed by atoms with Crippen molar-refractivity contribution in [3.63, 3.8) is 0 Å². The number of aromatic nitrogens is 2. The second kappa shape index (κ2) is 6.17. The highest BCUT2D eigenvalue weighted by molar-refractivity contribution is 9.10. The van der Waals surface area contributed by atoms with E-state index in [0.717, 1.165) is 4.47 Å². The predicted molar refractivity (Wildman–Crippen MR) is 84.3 cm³/mol. The van der Waals surface area contributed by atoms with E-state index >= 15 is 0 Å². The third kappa shape index (κ3) is 4.30. The Labute approximate surface area is 133 Å². The van der Waals surface area contributed by atoms with Crippen LogP contribution in [0.3, 0.4) is 0 Å².